The fourth-order valence-corrected chi connectivity index (χ4v) is 4.53. The minimum Gasteiger partial charge on any atom is -0.444 e. The summed E-state index contributed by atoms with van der Waals surface area (Å²) >= 11 is 0. The molecule has 0 aromatic heterocycles. The van der Waals surface area contributed by atoms with Crippen molar-refractivity contribution in [3.63, 3.8) is 0 Å². The van der Waals surface area contributed by atoms with Crippen LogP contribution in [0.5, 0.6) is 0 Å². The molecule has 2 aliphatic rings. The second kappa shape index (κ2) is 12.0. The first kappa shape index (κ1) is 29.5. The predicted molar refractivity (Wildman–Crippen MR) is 132 cm³/mol. The molecule has 0 radical (unpaired) electrons. The molecule has 11 nitrogen and oxygen atoms in total. The monoisotopic (exact) mass is 510 g/mol. The van der Waals surface area contributed by atoms with Crippen LogP contribution >= 0.6 is 0 Å². The molecule has 2 heterocycles. The van der Waals surface area contributed by atoms with Gasteiger partial charge >= 0.3 is 6.09 Å². The first-order valence-electron chi connectivity index (χ1n) is 12.6. The molecule has 2 rings (SSSR count). The highest BCUT2D eigenvalue weighted by molar-refractivity contribution is 5.93. The molecule has 0 bridgehead atoms. The zero-order chi connectivity index (χ0) is 27.3. The summed E-state index contributed by atoms with van der Waals surface area (Å²) in [4.78, 5) is 64.2. The Bertz CT molecular complexity index is 833. The van der Waals surface area contributed by atoms with Gasteiger partial charge in [0.15, 0.2) is 0 Å². The van der Waals surface area contributed by atoms with Crippen molar-refractivity contribution < 1.29 is 33.4 Å². The number of hydrogen-bond donors (Lipinski definition) is 3. The van der Waals surface area contributed by atoms with E-state index in [9.17, 15) is 24.0 Å². The van der Waals surface area contributed by atoms with Crippen LogP contribution < -0.4 is 16.0 Å². The Morgan fingerprint density at radius 2 is 1.78 bits per heavy atom. The minimum atomic E-state index is -1.09. The summed E-state index contributed by atoms with van der Waals surface area (Å²) in [6.07, 6.45) is 0.975. The summed E-state index contributed by atoms with van der Waals surface area (Å²) in [6, 6.07) is -2.72. The predicted octanol–water partition coefficient (Wildman–Crippen LogP) is 1.28. The zero-order valence-corrected chi connectivity index (χ0v) is 22.5. The Kier molecular flexibility index (Phi) is 9.87. The lowest BCUT2D eigenvalue weighted by Crippen LogP contribution is -2.59. The number of carbonyl (C=O) groups is 5. The van der Waals surface area contributed by atoms with Crippen LogP contribution in [0.15, 0.2) is 0 Å². The maximum atomic E-state index is 13.6. The molecule has 0 aromatic rings. The maximum absolute atomic E-state index is 13.6. The van der Waals surface area contributed by atoms with E-state index < -0.39 is 53.3 Å². The molecular formula is C25H42N4O7. The van der Waals surface area contributed by atoms with E-state index in [2.05, 4.69) is 16.0 Å². The van der Waals surface area contributed by atoms with Crippen molar-refractivity contribution in [3.05, 3.63) is 0 Å². The molecule has 4 amide bonds. The lowest BCUT2D eigenvalue weighted by molar-refractivity contribution is -0.146. The molecule has 3 N–H and O–H groups in total. The molecular weight excluding hydrogens is 468 g/mol. The van der Waals surface area contributed by atoms with E-state index in [0.29, 0.717) is 38.6 Å². The van der Waals surface area contributed by atoms with Crippen molar-refractivity contribution in [2.75, 3.05) is 13.1 Å². The van der Waals surface area contributed by atoms with Gasteiger partial charge < -0.3 is 35.1 Å². The second-order valence-corrected chi connectivity index (χ2v) is 11.5. The average Bonchev–Trinajstić information content (AvgIpc) is 3.37. The number of alkyl carbamates (subject to hydrolysis) is 1. The fourth-order valence-electron chi connectivity index (χ4n) is 4.53. The van der Waals surface area contributed by atoms with Gasteiger partial charge in [-0.15, -0.1) is 0 Å². The Labute approximate surface area is 213 Å². The largest absolute Gasteiger partial charge is 0.444 e. The van der Waals surface area contributed by atoms with E-state index in [1.807, 2.05) is 20.8 Å². The third-order valence-corrected chi connectivity index (χ3v) is 5.98. The maximum Gasteiger partial charge on any atom is 0.408 e. The van der Waals surface area contributed by atoms with Crippen molar-refractivity contribution in [2.24, 2.45) is 5.92 Å². The van der Waals surface area contributed by atoms with E-state index in [0.717, 1.165) is 0 Å². The first-order valence-corrected chi connectivity index (χ1v) is 12.6. The van der Waals surface area contributed by atoms with Gasteiger partial charge in [0.25, 0.3) is 0 Å². The molecule has 0 spiro atoms. The number of ether oxygens (including phenoxy) is 2. The van der Waals surface area contributed by atoms with E-state index in [4.69, 9.17) is 9.47 Å². The van der Waals surface area contributed by atoms with Gasteiger partial charge in [-0.3, -0.25) is 14.4 Å². The molecule has 0 aliphatic carbocycles. The smallest absolute Gasteiger partial charge is 0.408 e. The van der Waals surface area contributed by atoms with Gasteiger partial charge in [0.2, 0.25) is 17.7 Å². The van der Waals surface area contributed by atoms with E-state index in [-0.39, 0.29) is 18.2 Å². The highest BCUT2D eigenvalue weighted by Crippen LogP contribution is 2.23. The van der Waals surface area contributed by atoms with Gasteiger partial charge in [-0.05, 0) is 74.1 Å². The van der Waals surface area contributed by atoms with E-state index >= 15 is 0 Å². The van der Waals surface area contributed by atoms with Crippen LogP contribution in [-0.4, -0.2) is 83.5 Å². The lowest BCUT2D eigenvalue weighted by atomic mass is 9.98. The summed E-state index contributed by atoms with van der Waals surface area (Å²) in [7, 11) is 0. The molecule has 2 fully saturated rings. The molecule has 0 saturated carbocycles. The standard InChI is InChI=1S/C25H42N4O7/c1-15(35-24(2,3)4)19(28-23(34)36-25(5,6)7)22(33)29-12-8-9-18(29)21(32)27-17(14-30)13-16-10-11-26-20(16)31/h14-19H,8-13H2,1-7H3,(H,26,31)(H,27,32)(H,28,34)/t15?,16-,17-,18-,19-/m0/s1. The van der Waals surface area contributed by atoms with Gasteiger partial charge in [0.1, 0.15) is 24.0 Å². The number of carbonyl (C=O) groups excluding carboxylic acids is 5. The first-order chi connectivity index (χ1) is 16.6. The summed E-state index contributed by atoms with van der Waals surface area (Å²) < 4.78 is 11.3. The van der Waals surface area contributed by atoms with Crippen molar-refractivity contribution >= 4 is 30.1 Å². The summed E-state index contributed by atoms with van der Waals surface area (Å²) in [6.45, 7) is 13.2. The van der Waals surface area contributed by atoms with Crippen molar-refractivity contribution in [3.8, 4) is 0 Å². The summed E-state index contributed by atoms with van der Waals surface area (Å²) in [5, 5.41) is 8.04. The molecule has 2 aliphatic heterocycles. The summed E-state index contributed by atoms with van der Waals surface area (Å²) in [5.41, 5.74) is -1.35. The number of nitrogens with one attached hydrogen (secondary N) is 3. The number of likely N-dealkylation sites (tertiary alicyclic amines) is 1. The number of nitrogens with zero attached hydrogens (tertiary/aromatic N) is 1. The van der Waals surface area contributed by atoms with Gasteiger partial charge in [-0.2, -0.15) is 0 Å². The summed E-state index contributed by atoms with van der Waals surface area (Å²) in [5.74, 6) is -1.39. The van der Waals surface area contributed by atoms with Crippen molar-refractivity contribution in [1.82, 2.24) is 20.9 Å². The van der Waals surface area contributed by atoms with Gasteiger partial charge in [-0.1, -0.05) is 0 Å². The number of aldehydes is 1. The van der Waals surface area contributed by atoms with Gasteiger partial charge in [-0.25, -0.2) is 4.79 Å². The Balaban J connectivity index is 2.15. The SMILES string of the molecule is CC(OC(C)(C)C)[C@H](NC(=O)OC(C)(C)C)C(=O)N1CCC[C@H]1C(=O)N[C@H](C=O)C[C@@H]1CCNC1=O. The van der Waals surface area contributed by atoms with Gasteiger partial charge in [0, 0.05) is 19.0 Å². The van der Waals surface area contributed by atoms with Crippen LogP contribution in [0.3, 0.4) is 0 Å². The third-order valence-electron chi connectivity index (χ3n) is 5.98. The van der Waals surface area contributed by atoms with Crippen molar-refractivity contribution in [1.29, 1.82) is 0 Å². The Morgan fingerprint density at radius 1 is 1.11 bits per heavy atom. The highest BCUT2D eigenvalue weighted by atomic mass is 16.6. The molecule has 2 saturated heterocycles. The normalized spacial score (nSPS) is 22.9. The van der Waals surface area contributed by atoms with Crippen LogP contribution in [0.4, 0.5) is 4.79 Å². The highest BCUT2D eigenvalue weighted by Gasteiger charge is 2.41. The van der Waals surface area contributed by atoms with Crippen LogP contribution in [0.2, 0.25) is 0 Å². The Morgan fingerprint density at radius 3 is 2.31 bits per heavy atom. The van der Waals surface area contributed by atoms with Crippen LogP contribution in [0, 0.1) is 5.92 Å². The third kappa shape index (κ3) is 8.76. The van der Waals surface area contributed by atoms with Crippen LogP contribution in [0.25, 0.3) is 0 Å². The number of amides is 4. The fraction of sp³-hybridized carbons (Fsp3) is 0.800. The zero-order valence-electron chi connectivity index (χ0n) is 22.5. The molecule has 5 atom stereocenters. The van der Waals surface area contributed by atoms with Gasteiger partial charge in [0.05, 0.1) is 17.7 Å². The van der Waals surface area contributed by atoms with E-state index in [1.165, 1.54) is 4.90 Å². The topological polar surface area (TPSA) is 143 Å². The molecule has 0 aromatic carbocycles. The van der Waals surface area contributed by atoms with Crippen molar-refractivity contribution in [2.45, 2.75) is 110 Å². The second-order valence-electron chi connectivity index (χ2n) is 11.5. The number of hydrogen-bond acceptors (Lipinski definition) is 7. The quantitative estimate of drug-likeness (QED) is 0.397. The molecule has 1 unspecified atom stereocenters. The Hall–Kier alpha value is -2.69. The van der Waals surface area contributed by atoms with Crippen LogP contribution in [-0.2, 0) is 28.7 Å². The van der Waals surface area contributed by atoms with E-state index in [1.54, 1.807) is 27.7 Å². The average molecular weight is 511 g/mol. The lowest BCUT2D eigenvalue weighted by Gasteiger charge is -2.35. The number of rotatable bonds is 9. The van der Waals surface area contributed by atoms with Crippen LogP contribution in [0.1, 0.15) is 74.1 Å². The minimum absolute atomic E-state index is 0.127. The molecule has 36 heavy (non-hydrogen) atoms. The molecule has 11 heteroatoms. The molecule has 204 valence electrons.